The molecule has 0 saturated heterocycles. The van der Waals surface area contributed by atoms with Crippen molar-refractivity contribution >= 4 is 5.57 Å². The Balaban J connectivity index is 2.62. The fourth-order valence-corrected chi connectivity index (χ4v) is 2.42. The first-order chi connectivity index (χ1) is 9.63. The van der Waals surface area contributed by atoms with Crippen molar-refractivity contribution in [2.45, 2.75) is 13.8 Å². The molecule has 0 amide bonds. The van der Waals surface area contributed by atoms with Crippen LogP contribution in [0.15, 0.2) is 66.8 Å². The van der Waals surface area contributed by atoms with E-state index in [0.717, 1.165) is 5.57 Å². The Morgan fingerprint density at radius 1 is 1.10 bits per heavy atom. The number of allylic oxidation sites excluding steroid dienone is 3. The zero-order valence-electron chi connectivity index (χ0n) is 12.0. The smallest absolute Gasteiger partial charge is 0.0173 e. The Morgan fingerprint density at radius 3 is 2.45 bits per heavy atom. The number of hydrogen-bond donors (Lipinski definition) is 0. The third-order valence-electron chi connectivity index (χ3n) is 3.33. The summed E-state index contributed by atoms with van der Waals surface area (Å²) in [5.74, 6) is 2.57. The standard InChI is InChI=1S/C20H18/c1-5-15(2)14-17(4)20-16(3)10-9-13-19(20)18-11-7-6-8-12-18/h1,6-14H,2H2,3-4H3/b17-14-. The number of rotatable bonds is 3. The summed E-state index contributed by atoms with van der Waals surface area (Å²) in [6, 6.07) is 16.8. The zero-order chi connectivity index (χ0) is 14.5. The molecule has 0 N–H and O–H groups in total. The molecule has 0 atom stereocenters. The molecule has 0 radical (unpaired) electrons. The van der Waals surface area contributed by atoms with E-state index in [1.54, 1.807) is 0 Å². The van der Waals surface area contributed by atoms with Crippen molar-refractivity contribution in [2.75, 3.05) is 0 Å². The van der Waals surface area contributed by atoms with E-state index < -0.39 is 0 Å². The maximum Gasteiger partial charge on any atom is 0.0173 e. The van der Waals surface area contributed by atoms with E-state index in [2.05, 4.69) is 68.8 Å². The van der Waals surface area contributed by atoms with Gasteiger partial charge in [-0.15, -0.1) is 6.42 Å². The number of benzene rings is 2. The van der Waals surface area contributed by atoms with Gasteiger partial charge >= 0.3 is 0 Å². The molecule has 0 bridgehead atoms. The SMILES string of the molecule is C#CC(=C)/C=C(/C)c1c(C)cccc1-c1ccccc1. The summed E-state index contributed by atoms with van der Waals surface area (Å²) >= 11 is 0. The minimum atomic E-state index is 0.699. The summed E-state index contributed by atoms with van der Waals surface area (Å²) in [4.78, 5) is 0. The maximum atomic E-state index is 5.39. The second kappa shape index (κ2) is 6.08. The van der Waals surface area contributed by atoms with Crippen molar-refractivity contribution in [3.63, 3.8) is 0 Å². The summed E-state index contributed by atoms with van der Waals surface area (Å²) in [7, 11) is 0. The minimum absolute atomic E-state index is 0.699. The first-order valence-electron chi connectivity index (χ1n) is 6.62. The van der Waals surface area contributed by atoms with Crippen LogP contribution in [0.1, 0.15) is 18.1 Å². The largest absolute Gasteiger partial charge is 0.115 e. The lowest BCUT2D eigenvalue weighted by molar-refractivity contribution is 1.40. The number of terminal acetylenes is 1. The third-order valence-corrected chi connectivity index (χ3v) is 3.33. The van der Waals surface area contributed by atoms with Gasteiger partial charge in [-0.2, -0.15) is 0 Å². The van der Waals surface area contributed by atoms with Gasteiger partial charge in [-0.25, -0.2) is 0 Å². The first-order valence-corrected chi connectivity index (χ1v) is 6.62. The molecule has 0 aliphatic rings. The van der Waals surface area contributed by atoms with Gasteiger partial charge in [0.25, 0.3) is 0 Å². The number of hydrogen-bond acceptors (Lipinski definition) is 0. The fraction of sp³-hybridized carbons (Fsp3) is 0.100. The second-order valence-corrected chi connectivity index (χ2v) is 4.86. The van der Waals surface area contributed by atoms with Crippen LogP contribution in [0.4, 0.5) is 0 Å². The molecule has 0 nitrogen and oxygen atoms in total. The van der Waals surface area contributed by atoms with E-state index in [4.69, 9.17) is 6.42 Å². The lowest BCUT2D eigenvalue weighted by atomic mass is 9.91. The Labute approximate surface area is 121 Å². The molecule has 2 aromatic rings. The number of aryl methyl sites for hydroxylation is 1. The molecule has 0 unspecified atom stereocenters. The molecule has 0 aliphatic heterocycles. The molecule has 0 saturated carbocycles. The zero-order valence-corrected chi connectivity index (χ0v) is 12.0. The summed E-state index contributed by atoms with van der Waals surface area (Å²) in [5, 5.41) is 0. The molecule has 20 heavy (non-hydrogen) atoms. The van der Waals surface area contributed by atoms with Crippen molar-refractivity contribution in [3.8, 4) is 23.5 Å². The predicted octanol–water partition coefficient (Wildman–Crippen LogP) is 5.25. The van der Waals surface area contributed by atoms with Crippen molar-refractivity contribution in [1.29, 1.82) is 0 Å². The second-order valence-electron chi connectivity index (χ2n) is 4.86. The van der Waals surface area contributed by atoms with E-state index in [1.165, 1.54) is 22.3 Å². The lowest BCUT2D eigenvalue weighted by Gasteiger charge is -2.13. The van der Waals surface area contributed by atoms with Crippen LogP contribution in [0.25, 0.3) is 16.7 Å². The van der Waals surface area contributed by atoms with Crippen LogP contribution in [0.3, 0.4) is 0 Å². The van der Waals surface area contributed by atoms with E-state index in [9.17, 15) is 0 Å². The van der Waals surface area contributed by atoms with E-state index >= 15 is 0 Å². The highest BCUT2D eigenvalue weighted by atomic mass is 14.1. The van der Waals surface area contributed by atoms with Gasteiger partial charge in [0.05, 0.1) is 0 Å². The maximum absolute atomic E-state index is 5.39. The normalized spacial score (nSPS) is 10.9. The van der Waals surface area contributed by atoms with Gasteiger partial charge in [-0.1, -0.05) is 61.0 Å². The summed E-state index contributed by atoms with van der Waals surface area (Å²) in [6.45, 7) is 8.06. The molecular weight excluding hydrogens is 240 g/mol. The van der Waals surface area contributed by atoms with Crippen LogP contribution in [0, 0.1) is 19.3 Å². The van der Waals surface area contributed by atoms with Crippen LogP contribution in [-0.4, -0.2) is 0 Å². The topological polar surface area (TPSA) is 0 Å². The average molecular weight is 258 g/mol. The highest BCUT2D eigenvalue weighted by Crippen LogP contribution is 2.31. The van der Waals surface area contributed by atoms with Crippen molar-refractivity contribution in [1.82, 2.24) is 0 Å². The van der Waals surface area contributed by atoms with Crippen LogP contribution >= 0.6 is 0 Å². The lowest BCUT2D eigenvalue weighted by Crippen LogP contribution is -1.92. The predicted molar refractivity (Wildman–Crippen MR) is 88.2 cm³/mol. The Morgan fingerprint density at radius 2 is 1.80 bits per heavy atom. The molecule has 0 aliphatic carbocycles. The van der Waals surface area contributed by atoms with Crippen molar-refractivity contribution in [3.05, 3.63) is 77.9 Å². The molecule has 0 heterocycles. The molecule has 0 spiro atoms. The summed E-state index contributed by atoms with van der Waals surface area (Å²) in [5.41, 5.74) is 6.75. The van der Waals surface area contributed by atoms with Crippen LogP contribution in [0.5, 0.6) is 0 Å². The summed E-state index contributed by atoms with van der Waals surface area (Å²) in [6.07, 6.45) is 7.36. The first kappa shape index (κ1) is 13.9. The average Bonchev–Trinajstić information content (AvgIpc) is 2.47. The van der Waals surface area contributed by atoms with Gasteiger partial charge < -0.3 is 0 Å². The van der Waals surface area contributed by atoms with E-state index in [0.29, 0.717) is 5.57 Å². The molecule has 0 fully saturated rings. The highest BCUT2D eigenvalue weighted by molar-refractivity contribution is 5.83. The summed E-state index contributed by atoms with van der Waals surface area (Å²) < 4.78 is 0. The van der Waals surface area contributed by atoms with Gasteiger partial charge in [0.2, 0.25) is 0 Å². The monoisotopic (exact) mass is 258 g/mol. The fourth-order valence-electron chi connectivity index (χ4n) is 2.42. The van der Waals surface area contributed by atoms with Gasteiger partial charge in [0, 0.05) is 5.57 Å². The Kier molecular flexibility index (Phi) is 4.23. The molecular formula is C20H18. The molecule has 2 aromatic carbocycles. The van der Waals surface area contributed by atoms with Gasteiger partial charge in [-0.3, -0.25) is 0 Å². The molecule has 0 heteroatoms. The minimum Gasteiger partial charge on any atom is -0.115 e. The van der Waals surface area contributed by atoms with Crippen LogP contribution in [0.2, 0.25) is 0 Å². The van der Waals surface area contributed by atoms with Gasteiger partial charge in [0.15, 0.2) is 0 Å². The van der Waals surface area contributed by atoms with Gasteiger partial charge in [-0.05, 0) is 47.8 Å². The molecule has 0 aromatic heterocycles. The quantitative estimate of drug-likeness (QED) is 0.520. The highest BCUT2D eigenvalue weighted by Gasteiger charge is 2.09. The van der Waals surface area contributed by atoms with Crippen LogP contribution in [-0.2, 0) is 0 Å². The molecule has 2 rings (SSSR count). The Hall–Kier alpha value is -2.52. The van der Waals surface area contributed by atoms with Crippen LogP contribution < -0.4 is 0 Å². The van der Waals surface area contributed by atoms with E-state index in [1.807, 2.05) is 12.1 Å². The Bertz CT molecular complexity index is 695. The van der Waals surface area contributed by atoms with Gasteiger partial charge in [0.1, 0.15) is 0 Å². The van der Waals surface area contributed by atoms with E-state index in [-0.39, 0.29) is 0 Å². The van der Waals surface area contributed by atoms with Crippen molar-refractivity contribution < 1.29 is 0 Å². The van der Waals surface area contributed by atoms with Crippen molar-refractivity contribution in [2.24, 2.45) is 0 Å². The third kappa shape index (κ3) is 2.90. The molecule has 98 valence electrons.